The number of methoxy groups -OCH3 is 1. The normalized spacial score (nSPS) is 14.2. The second-order valence-corrected chi connectivity index (χ2v) is 7.94. The average molecular weight is 424 g/mol. The van der Waals surface area contributed by atoms with Crippen LogP contribution in [0.5, 0.6) is 5.75 Å². The molecule has 1 amide bonds. The first kappa shape index (κ1) is 21.1. The van der Waals surface area contributed by atoms with Crippen LogP contribution in [0.2, 0.25) is 0 Å². The van der Waals surface area contributed by atoms with Gasteiger partial charge < -0.3 is 19.0 Å². The summed E-state index contributed by atoms with van der Waals surface area (Å²) in [7, 11) is 1.71. The molecule has 1 aromatic carbocycles. The highest BCUT2D eigenvalue weighted by atomic mass is 16.5. The highest BCUT2D eigenvalue weighted by Crippen LogP contribution is 2.24. The van der Waals surface area contributed by atoms with Gasteiger partial charge in [0.05, 0.1) is 13.4 Å². The molecule has 1 N–H and O–H groups in total. The van der Waals surface area contributed by atoms with Gasteiger partial charge in [0.2, 0.25) is 0 Å². The topological polar surface area (TPSA) is 85.4 Å². The Bertz CT molecular complexity index is 1040. The zero-order valence-corrected chi connectivity index (χ0v) is 18.4. The molecule has 0 bridgehead atoms. The van der Waals surface area contributed by atoms with Gasteiger partial charge in [0.15, 0.2) is 5.76 Å². The van der Waals surface area contributed by atoms with Crippen LogP contribution in [0.25, 0.3) is 0 Å². The van der Waals surface area contributed by atoms with Crippen molar-refractivity contribution in [1.82, 2.24) is 25.0 Å². The maximum atomic E-state index is 12.0. The Morgan fingerprint density at radius 2 is 2.06 bits per heavy atom. The first-order valence-electron chi connectivity index (χ1n) is 10.6. The van der Waals surface area contributed by atoms with Crippen molar-refractivity contribution in [3.05, 3.63) is 64.6 Å². The Hall–Kier alpha value is -3.13. The number of amides is 1. The van der Waals surface area contributed by atoms with Gasteiger partial charge in [-0.05, 0) is 48.7 Å². The minimum atomic E-state index is -0.211. The van der Waals surface area contributed by atoms with Gasteiger partial charge in [0.1, 0.15) is 17.4 Å². The third kappa shape index (κ3) is 4.80. The second-order valence-electron chi connectivity index (χ2n) is 7.94. The summed E-state index contributed by atoms with van der Waals surface area (Å²) in [6.07, 6.45) is 2.99. The van der Waals surface area contributed by atoms with E-state index in [1.54, 1.807) is 19.2 Å². The zero-order valence-electron chi connectivity index (χ0n) is 18.4. The number of hydrogen-bond acceptors (Lipinski definition) is 6. The summed E-state index contributed by atoms with van der Waals surface area (Å²) in [6, 6.07) is 7.70. The van der Waals surface area contributed by atoms with Crippen molar-refractivity contribution in [2.45, 2.75) is 39.8 Å². The van der Waals surface area contributed by atoms with E-state index in [0.29, 0.717) is 18.7 Å². The molecule has 8 nitrogen and oxygen atoms in total. The minimum Gasteiger partial charge on any atom is -0.496 e. The van der Waals surface area contributed by atoms with E-state index in [4.69, 9.17) is 9.15 Å². The quantitative estimate of drug-likeness (QED) is 0.629. The van der Waals surface area contributed by atoms with Gasteiger partial charge in [-0.3, -0.25) is 9.69 Å². The number of aromatic nitrogens is 3. The van der Waals surface area contributed by atoms with E-state index in [1.165, 1.54) is 17.4 Å². The van der Waals surface area contributed by atoms with Gasteiger partial charge in [-0.25, -0.2) is 0 Å². The van der Waals surface area contributed by atoms with Crippen LogP contribution < -0.4 is 10.1 Å². The lowest BCUT2D eigenvalue weighted by atomic mass is 10.0. The van der Waals surface area contributed by atoms with Crippen molar-refractivity contribution in [1.29, 1.82) is 0 Å². The van der Waals surface area contributed by atoms with Crippen LogP contribution in [0.3, 0.4) is 0 Å². The van der Waals surface area contributed by atoms with E-state index >= 15 is 0 Å². The summed E-state index contributed by atoms with van der Waals surface area (Å²) in [4.78, 5) is 14.5. The molecule has 1 aliphatic rings. The van der Waals surface area contributed by atoms with Gasteiger partial charge in [-0.15, -0.1) is 10.2 Å². The van der Waals surface area contributed by atoms with Crippen LogP contribution in [0.4, 0.5) is 0 Å². The Labute approximate surface area is 182 Å². The number of furan rings is 1. The SMILES string of the molecule is COc1cc(C)c(CN2CCc3nnc(CCNC(=O)c4ccco4)n3CC2)cc1C. The number of aryl methyl sites for hydroxylation is 2. The third-order valence-electron chi connectivity index (χ3n) is 5.82. The van der Waals surface area contributed by atoms with Gasteiger partial charge in [0.25, 0.3) is 5.91 Å². The molecule has 3 aromatic rings. The molecule has 0 spiro atoms. The Kier molecular flexibility index (Phi) is 6.36. The lowest BCUT2D eigenvalue weighted by Gasteiger charge is -2.21. The molecule has 3 heterocycles. The molecule has 1 aliphatic heterocycles. The number of carbonyl (C=O) groups excluding carboxylic acids is 1. The first-order valence-corrected chi connectivity index (χ1v) is 10.6. The molecule has 31 heavy (non-hydrogen) atoms. The van der Waals surface area contributed by atoms with Crippen molar-refractivity contribution in [3.8, 4) is 5.75 Å². The Balaban J connectivity index is 1.35. The van der Waals surface area contributed by atoms with Crippen LogP contribution >= 0.6 is 0 Å². The fourth-order valence-corrected chi connectivity index (χ4v) is 4.03. The molecule has 0 radical (unpaired) electrons. The van der Waals surface area contributed by atoms with E-state index in [1.807, 2.05) is 0 Å². The summed E-state index contributed by atoms with van der Waals surface area (Å²) in [6.45, 7) is 8.34. The summed E-state index contributed by atoms with van der Waals surface area (Å²) in [5.74, 6) is 2.97. The van der Waals surface area contributed by atoms with Crippen LogP contribution in [-0.4, -0.2) is 52.3 Å². The van der Waals surface area contributed by atoms with Crippen molar-refractivity contribution in [2.75, 3.05) is 26.7 Å². The van der Waals surface area contributed by atoms with Crippen molar-refractivity contribution in [2.24, 2.45) is 0 Å². The van der Waals surface area contributed by atoms with Crippen molar-refractivity contribution < 1.29 is 13.9 Å². The molecule has 0 atom stereocenters. The molecule has 2 aromatic heterocycles. The molecule has 8 heteroatoms. The number of rotatable bonds is 7. The fourth-order valence-electron chi connectivity index (χ4n) is 4.03. The van der Waals surface area contributed by atoms with Crippen LogP contribution in [0, 0.1) is 13.8 Å². The number of ether oxygens (including phenoxy) is 1. The predicted octanol–water partition coefficient (Wildman–Crippen LogP) is 2.53. The second kappa shape index (κ2) is 9.34. The van der Waals surface area contributed by atoms with Gasteiger partial charge in [0, 0.05) is 45.6 Å². The van der Waals surface area contributed by atoms with E-state index in [-0.39, 0.29) is 5.91 Å². The molecule has 0 unspecified atom stereocenters. The molecule has 0 aliphatic carbocycles. The van der Waals surface area contributed by atoms with Gasteiger partial charge in [-0.1, -0.05) is 6.07 Å². The Morgan fingerprint density at radius 1 is 1.19 bits per heavy atom. The number of benzene rings is 1. The van der Waals surface area contributed by atoms with E-state index < -0.39 is 0 Å². The van der Waals surface area contributed by atoms with E-state index in [2.05, 4.69) is 51.0 Å². The minimum absolute atomic E-state index is 0.211. The molecule has 0 fully saturated rings. The first-order chi connectivity index (χ1) is 15.0. The van der Waals surface area contributed by atoms with Crippen molar-refractivity contribution in [3.63, 3.8) is 0 Å². The standard InChI is InChI=1S/C23H29N5O3/c1-16-14-20(30-3)17(2)13-18(16)15-27-9-7-22-26-25-21(28(22)11-10-27)6-8-24-23(29)19-5-4-12-31-19/h4-5,12-14H,6-11,15H2,1-3H3,(H,24,29). The lowest BCUT2D eigenvalue weighted by molar-refractivity contribution is 0.0926. The average Bonchev–Trinajstić information content (AvgIpc) is 3.38. The largest absolute Gasteiger partial charge is 0.496 e. The van der Waals surface area contributed by atoms with E-state index in [9.17, 15) is 4.79 Å². The summed E-state index contributed by atoms with van der Waals surface area (Å²) >= 11 is 0. The monoisotopic (exact) mass is 423 g/mol. The molecular formula is C23H29N5O3. The number of hydrogen-bond donors (Lipinski definition) is 1. The predicted molar refractivity (Wildman–Crippen MR) is 116 cm³/mol. The van der Waals surface area contributed by atoms with Crippen LogP contribution in [0.1, 0.15) is 38.9 Å². The van der Waals surface area contributed by atoms with Gasteiger partial charge >= 0.3 is 0 Å². The molecule has 164 valence electrons. The summed E-state index contributed by atoms with van der Waals surface area (Å²) < 4.78 is 12.8. The maximum Gasteiger partial charge on any atom is 0.286 e. The highest BCUT2D eigenvalue weighted by molar-refractivity contribution is 5.91. The van der Waals surface area contributed by atoms with Gasteiger partial charge in [-0.2, -0.15) is 0 Å². The highest BCUT2D eigenvalue weighted by Gasteiger charge is 2.20. The maximum absolute atomic E-state index is 12.0. The molecule has 0 saturated heterocycles. The molecule has 4 rings (SSSR count). The van der Waals surface area contributed by atoms with Crippen LogP contribution in [-0.2, 0) is 25.9 Å². The summed E-state index contributed by atoms with van der Waals surface area (Å²) in [5, 5.41) is 11.6. The number of carbonyl (C=O) groups is 1. The number of fused-ring (bicyclic) bond motifs is 1. The summed E-state index contributed by atoms with van der Waals surface area (Å²) in [5.41, 5.74) is 3.74. The number of nitrogens with zero attached hydrogens (tertiary/aromatic N) is 4. The lowest BCUT2D eigenvalue weighted by Crippen LogP contribution is -2.28. The van der Waals surface area contributed by atoms with E-state index in [0.717, 1.165) is 55.6 Å². The van der Waals surface area contributed by atoms with Crippen molar-refractivity contribution >= 4 is 5.91 Å². The molecule has 0 saturated carbocycles. The Morgan fingerprint density at radius 3 is 2.84 bits per heavy atom. The third-order valence-corrected chi connectivity index (χ3v) is 5.82. The molecular weight excluding hydrogens is 394 g/mol. The van der Waals surface area contributed by atoms with Crippen LogP contribution in [0.15, 0.2) is 34.9 Å². The fraction of sp³-hybridized carbons (Fsp3) is 0.435. The smallest absolute Gasteiger partial charge is 0.286 e. The zero-order chi connectivity index (χ0) is 21.8. The number of nitrogens with one attached hydrogen (secondary N) is 1.